The molecule has 2 fully saturated rings. The van der Waals surface area contributed by atoms with Gasteiger partial charge >= 0.3 is 0 Å². The molecule has 2 heteroatoms. The van der Waals surface area contributed by atoms with Gasteiger partial charge in [0.05, 0.1) is 0 Å². The predicted molar refractivity (Wildman–Crippen MR) is 69.5 cm³/mol. The van der Waals surface area contributed by atoms with Crippen LogP contribution in [0.1, 0.15) is 45.4 Å². The Kier molecular flexibility index (Phi) is 4.83. The second-order valence-electron chi connectivity index (χ2n) is 5.42. The molecule has 0 aromatic rings. The van der Waals surface area contributed by atoms with Gasteiger partial charge in [-0.3, -0.25) is 0 Å². The number of hydrogen-bond acceptors (Lipinski definition) is 2. The van der Waals surface area contributed by atoms with E-state index in [0.29, 0.717) is 0 Å². The molecule has 2 aliphatic rings. The van der Waals surface area contributed by atoms with Crippen molar-refractivity contribution in [2.75, 3.05) is 18.8 Å². The minimum absolute atomic E-state index is 0.989. The van der Waals surface area contributed by atoms with Gasteiger partial charge in [-0.1, -0.05) is 19.8 Å². The smallest absolute Gasteiger partial charge is 0.00496 e. The third-order valence-electron chi connectivity index (χ3n) is 3.91. The molecule has 1 N–H and O–H groups in total. The number of thioether (sulfide) groups is 1. The average Bonchev–Trinajstić information content (AvgIpc) is 2.28. The number of rotatable bonds is 3. The summed E-state index contributed by atoms with van der Waals surface area (Å²) in [6, 6.07) is 0. The number of nitrogens with one attached hydrogen (secondary N) is 1. The van der Waals surface area contributed by atoms with Crippen LogP contribution in [0, 0.1) is 11.8 Å². The average molecular weight is 227 g/mol. The van der Waals surface area contributed by atoms with Gasteiger partial charge in [0.1, 0.15) is 0 Å². The largest absolute Gasteiger partial charge is 0.317 e. The fourth-order valence-corrected chi connectivity index (χ4v) is 4.53. The standard InChI is InChI=1S/C13H25NS/c1-11-3-2-4-13(9-11)15-10-12-5-7-14-8-6-12/h11-14H,2-10H2,1H3. The van der Waals surface area contributed by atoms with E-state index >= 15 is 0 Å². The fraction of sp³-hybridized carbons (Fsp3) is 1.00. The molecule has 2 atom stereocenters. The van der Waals surface area contributed by atoms with Crippen LogP contribution >= 0.6 is 11.8 Å². The van der Waals surface area contributed by atoms with Crippen molar-refractivity contribution in [2.45, 2.75) is 50.7 Å². The van der Waals surface area contributed by atoms with Gasteiger partial charge in [-0.15, -0.1) is 0 Å². The summed E-state index contributed by atoms with van der Waals surface area (Å²) in [6.45, 7) is 4.94. The molecule has 1 aliphatic carbocycles. The summed E-state index contributed by atoms with van der Waals surface area (Å²) in [7, 11) is 0. The van der Waals surface area contributed by atoms with Crippen LogP contribution < -0.4 is 5.32 Å². The molecule has 1 nitrogen and oxygen atoms in total. The Morgan fingerprint density at radius 2 is 1.93 bits per heavy atom. The van der Waals surface area contributed by atoms with Crippen molar-refractivity contribution < 1.29 is 0 Å². The molecule has 1 saturated heterocycles. The highest BCUT2D eigenvalue weighted by atomic mass is 32.2. The van der Waals surface area contributed by atoms with Gasteiger partial charge in [0.15, 0.2) is 0 Å². The monoisotopic (exact) mass is 227 g/mol. The zero-order valence-corrected chi connectivity index (χ0v) is 10.8. The van der Waals surface area contributed by atoms with E-state index in [2.05, 4.69) is 24.0 Å². The van der Waals surface area contributed by atoms with E-state index < -0.39 is 0 Å². The van der Waals surface area contributed by atoms with Crippen LogP contribution in [0.15, 0.2) is 0 Å². The Hall–Kier alpha value is 0.310. The Morgan fingerprint density at radius 3 is 2.67 bits per heavy atom. The van der Waals surface area contributed by atoms with E-state index in [0.717, 1.165) is 17.1 Å². The molecule has 15 heavy (non-hydrogen) atoms. The van der Waals surface area contributed by atoms with Crippen molar-refractivity contribution in [2.24, 2.45) is 11.8 Å². The minimum Gasteiger partial charge on any atom is -0.317 e. The maximum Gasteiger partial charge on any atom is 0.00496 e. The summed E-state index contributed by atoms with van der Waals surface area (Å²) in [5, 5.41) is 4.44. The van der Waals surface area contributed by atoms with Gasteiger partial charge in [-0.05, 0) is 56.4 Å². The van der Waals surface area contributed by atoms with Gasteiger partial charge in [0.25, 0.3) is 0 Å². The van der Waals surface area contributed by atoms with E-state index in [1.807, 2.05) is 0 Å². The van der Waals surface area contributed by atoms with Gasteiger partial charge in [-0.25, -0.2) is 0 Å². The molecule has 88 valence electrons. The summed E-state index contributed by atoms with van der Waals surface area (Å²) >= 11 is 2.28. The maximum absolute atomic E-state index is 3.45. The van der Waals surface area contributed by atoms with Crippen LogP contribution in [-0.4, -0.2) is 24.1 Å². The summed E-state index contributed by atoms with van der Waals surface area (Å²) in [5.74, 6) is 3.43. The predicted octanol–water partition coefficient (Wildman–Crippen LogP) is 3.30. The molecule has 0 aromatic carbocycles. The molecule has 2 unspecified atom stereocenters. The molecule has 1 saturated carbocycles. The zero-order chi connectivity index (χ0) is 10.5. The van der Waals surface area contributed by atoms with Gasteiger partial charge < -0.3 is 5.32 Å². The second kappa shape index (κ2) is 6.15. The molecule has 0 bridgehead atoms. The molecule has 0 amide bonds. The molecular formula is C13H25NS. The molecule has 1 aliphatic heterocycles. The molecular weight excluding hydrogens is 202 g/mol. The van der Waals surface area contributed by atoms with Crippen molar-refractivity contribution in [3.8, 4) is 0 Å². The third kappa shape index (κ3) is 3.99. The Labute approximate surface area is 98.8 Å². The minimum atomic E-state index is 0.989. The molecule has 1 heterocycles. The van der Waals surface area contributed by atoms with Gasteiger partial charge in [0.2, 0.25) is 0 Å². The van der Waals surface area contributed by atoms with Crippen LogP contribution in [0.4, 0.5) is 0 Å². The number of hydrogen-bond donors (Lipinski definition) is 1. The Balaban J connectivity index is 1.63. The maximum atomic E-state index is 3.45. The van der Waals surface area contributed by atoms with Crippen molar-refractivity contribution in [1.29, 1.82) is 0 Å². The summed E-state index contributed by atoms with van der Waals surface area (Å²) < 4.78 is 0. The van der Waals surface area contributed by atoms with Crippen molar-refractivity contribution in [3.05, 3.63) is 0 Å². The van der Waals surface area contributed by atoms with Gasteiger partial charge in [0, 0.05) is 5.25 Å². The first-order chi connectivity index (χ1) is 7.34. The SMILES string of the molecule is CC1CCCC(SCC2CCNCC2)C1. The van der Waals surface area contributed by atoms with Crippen molar-refractivity contribution in [1.82, 2.24) is 5.32 Å². The third-order valence-corrected chi connectivity index (χ3v) is 5.48. The highest BCUT2D eigenvalue weighted by Gasteiger charge is 2.21. The van der Waals surface area contributed by atoms with Crippen LogP contribution in [0.25, 0.3) is 0 Å². The van der Waals surface area contributed by atoms with E-state index in [9.17, 15) is 0 Å². The lowest BCUT2D eigenvalue weighted by molar-refractivity contribution is 0.388. The van der Waals surface area contributed by atoms with Gasteiger partial charge in [-0.2, -0.15) is 11.8 Å². The van der Waals surface area contributed by atoms with Crippen molar-refractivity contribution >= 4 is 11.8 Å². The Bertz CT molecular complexity index is 177. The first-order valence-corrected chi connectivity index (χ1v) is 7.72. The Morgan fingerprint density at radius 1 is 1.13 bits per heavy atom. The molecule has 0 radical (unpaired) electrons. The quantitative estimate of drug-likeness (QED) is 0.794. The van der Waals surface area contributed by atoms with Crippen LogP contribution in [0.3, 0.4) is 0 Å². The zero-order valence-electron chi connectivity index (χ0n) is 10.0. The van der Waals surface area contributed by atoms with Crippen LogP contribution in [-0.2, 0) is 0 Å². The fourth-order valence-electron chi connectivity index (χ4n) is 2.85. The van der Waals surface area contributed by atoms with Crippen LogP contribution in [0.2, 0.25) is 0 Å². The molecule has 2 rings (SSSR count). The van der Waals surface area contributed by atoms with E-state index in [1.165, 1.54) is 57.4 Å². The molecule has 0 spiro atoms. The lowest BCUT2D eigenvalue weighted by atomic mass is 9.91. The first kappa shape index (κ1) is 11.8. The summed E-state index contributed by atoms with van der Waals surface area (Å²) in [6.07, 6.45) is 8.75. The highest BCUT2D eigenvalue weighted by molar-refractivity contribution is 7.99. The first-order valence-electron chi connectivity index (χ1n) is 6.67. The van der Waals surface area contributed by atoms with Crippen LogP contribution in [0.5, 0.6) is 0 Å². The van der Waals surface area contributed by atoms with E-state index in [4.69, 9.17) is 0 Å². The van der Waals surface area contributed by atoms with E-state index in [1.54, 1.807) is 0 Å². The van der Waals surface area contributed by atoms with Crippen molar-refractivity contribution in [3.63, 3.8) is 0 Å². The normalized spacial score (nSPS) is 34.2. The lowest BCUT2D eigenvalue weighted by Crippen LogP contribution is -2.29. The van der Waals surface area contributed by atoms with E-state index in [-0.39, 0.29) is 0 Å². The molecule has 0 aromatic heterocycles. The summed E-state index contributed by atoms with van der Waals surface area (Å²) in [5.41, 5.74) is 0. The second-order valence-corrected chi connectivity index (χ2v) is 6.75. The highest BCUT2D eigenvalue weighted by Crippen LogP contribution is 2.33. The topological polar surface area (TPSA) is 12.0 Å². The summed E-state index contributed by atoms with van der Waals surface area (Å²) in [4.78, 5) is 0. The number of piperidine rings is 1. The lowest BCUT2D eigenvalue weighted by Gasteiger charge is -2.29.